The van der Waals surface area contributed by atoms with Crippen LogP contribution in [0.15, 0.2) is 61.1 Å². The third kappa shape index (κ3) is 5.22. The maximum absolute atomic E-state index is 13.8. The molecule has 2 aliphatic rings. The number of likely N-dealkylation sites (tertiary alicyclic amines) is 1. The Bertz CT molecular complexity index is 1160. The topological polar surface area (TPSA) is 122 Å². The molecule has 2 aliphatic heterocycles. The molecule has 0 saturated carbocycles. The van der Waals surface area contributed by atoms with Crippen LogP contribution in [0.25, 0.3) is 0 Å². The molecular formula is C25H31N8O2+. The zero-order valence-electron chi connectivity index (χ0n) is 20.1. The zero-order valence-corrected chi connectivity index (χ0v) is 20.1. The maximum atomic E-state index is 13.8. The fourth-order valence-electron chi connectivity index (χ4n) is 4.38. The lowest BCUT2D eigenvalue weighted by atomic mass is 10.1. The molecule has 0 spiro atoms. The van der Waals surface area contributed by atoms with Gasteiger partial charge in [0.2, 0.25) is 11.9 Å². The second kappa shape index (κ2) is 10.5. The summed E-state index contributed by atoms with van der Waals surface area (Å²) < 4.78 is 0. The van der Waals surface area contributed by atoms with E-state index in [1.54, 1.807) is 34.0 Å². The van der Waals surface area contributed by atoms with Gasteiger partial charge in [-0.2, -0.15) is 4.98 Å². The number of quaternary nitrogens is 1. The molecule has 1 saturated heterocycles. The number of nitrogens with zero attached hydrogens (tertiary/aromatic N) is 5. The van der Waals surface area contributed by atoms with E-state index in [9.17, 15) is 9.59 Å². The predicted octanol–water partition coefficient (Wildman–Crippen LogP) is 1.69. The number of hydrogen-bond donors (Lipinski definition) is 3. The van der Waals surface area contributed by atoms with E-state index >= 15 is 0 Å². The Hall–Kier alpha value is -4.05. The summed E-state index contributed by atoms with van der Waals surface area (Å²) in [4.78, 5) is 40.3. The van der Waals surface area contributed by atoms with Gasteiger partial charge >= 0.3 is 6.03 Å². The predicted molar refractivity (Wildman–Crippen MR) is 134 cm³/mol. The third-order valence-corrected chi connectivity index (χ3v) is 6.12. The highest BCUT2D eigenvalue weighted by atomic mass is 16.2. The number of anilines is 2. The largest absolute Gasteiger partial charge is 0.337 e. The summed E-state index contributed by atoms with van der Waals surface area (Å²) in [5, 5.41) is 12.9. The van der Waals surface area contributed by atoms with Crippen molar-refractivity contribution in [2.24, 2.45) is 0 Å². The highest BCUT2D eigenvalue weighted by Gasteiger charge is 2.40. The molecule has 182 valence electrons. The summed E-state index contributed by atoms with van der Waals surface area (Å²) in [6.07, 6.45) is 5.46. The van der Waals surface area contributed by atoms with Gasteiger partial charge in [-0.25, -0.2) is 9.78 Å². The highest BCUT2D eigenvalue weighted by molar-refractivity contribution is 5.98. The molecule has 35 heavy (non-hydrogen) atoms. The van der Waals surface area contributed by atoms with Crippen LogP contribution >= 0.6 is 0 Å². The normalized spacial score (nSPS) is 17.9. The Kier molecular flexibility index (Phi) is 7.21. The van der Waals surface area contributed by atoms with Crippen molar-refractivity contribution in [3.63, 3.8) is 0 Å². The molecule has 1 atom stereocenters. The van der Waals surface area contributed by atoms with E-state index in [4.69, 9.17) is 10.4 Å². The van der Waals surface area contributed by atoms with Gasteiger partial charge in [-0.1, -0.05) is 36.9 Å². The fourth-order valence-corrected chi connectivity index (χ4v) is 4.38. The highest BCUT2D eigenvalue weighted by Crippen LogP contribution is 2.33. The Morgan fingerprint density at radius 3 is 2.80 bits per heavy atom. The van der Waals surface area contributed by atoms with Crippen LogP contribution in [-0.2, 0) is 17.9 Å². The lowest BCUT2D eigenvalue weighted by molar-refractivity contribution is -0.556. The first-order chi connectivity index (χ1) is 16.9. The van der Waals surface area contributed by atoms with E-state index in [-0.39, 0.29) is 18.0 Å². The van der Waals surface area contributed by atoms with Crippen LogP contribution in [0.4, 0.5) is 16.6 Å². The first-order valence-corrected chi connectivity index (χ1v) is 11.6. The van der Waals surface area contributed by atoms with Crippen molar-refractivity contribution in [1.82, 2.24) is 19.8 Å². The quantitative estimate of drug-likeness (QED) is 0.396. The number of benzene rings is 1. The van der Waals surface area contributed by atoms with Gasteiger partial charge in [0.25, 0.3) is 0 Å². The molecular weight excluding hydrogens is 444 g/mol. The third-order valence-electron chi connectivity index (χ3n) is 6.12. The second-order valence-electron chi connectivity index (χ2n) is 8.63. The molecule has 0 bridgehead atoms. The van der Waals surface area contributed by atoms with Crippen molar-refractivity contribution in [3.8, 4) is 0 Å². The molecule has 1 fully saturated rings. The summed E-state index contributed by atoms with van der Waals surface area (Å²) in [5.74, 6) is 0.711. The van der Waals surface area contributed by atoms with Crippen LogP contribution < -0.4 is 15.5 Å². The second-order valence-corrected chi connectivity index (χ2v) is 8.63. The minimum absolute atomic E-state index is 0.143. The molecule has 1 aromatic carbocycles. The van der Waals surface area contributed by atoms with Crippen LogP contribution in [0.5, 0.6) is 0 Å². The van der Waals surface area contributed by atoms with E-state index in [2.05, 4.69) is 16.9 Å². The fraction of sp³-hybridized carbons (Fsp3) is 0.320. The summed E-state index contributed by atoms with van der Waals surface area (Å²) in [7, 11) is 1.87. The Morgan fingerprint density at radius 1 is 1.34 bits per heavy atom. The lowest BCUT2D eigenvalue weighted by Crippen LogP contribution is -2.73. The Balaban J connectivity index is 1.68. The van der Waals surface area contributed by atoms with Gasteiger partial charge in [-0.15, -0.1) is 0 Å². The monoisotopic (exact) mass is 475 g/mol. The number of nitrogens with one attached hydrogen (secondary N) is 2. The summed E-state index contributed by atoms with van der Waals surface area (Å²) in [6.45, 7) is 7.08. The minimum atomic E-state index is -0.213. The molecule has 2 aromatic rings. The van der Waals surface area contributed by atoms with E-state index in [1.165, 1.54) is 6.08 Å². The van der Waals surface area contributed by atoms with Gasteiger partial charge in [0.15, 0.2) is 0 Å². The van der Waals surface area contributed by atoms with E-state index < -0.39 is 0 Å². The molecule has 10 heteroatoms. The first-order valence-electron chi connectivity index (χ1n) is 11.6. The van der Waals surface area contributed by atoms with Crippen molar-refractivity contribution in [2.45, 2.75) is 32.5 Å². The number of amides is 3. The number of allylic oxidation sites excluding steroid dienone is 1. The first kappa shape index (κ1) is 24.1. The van der Waals surface area contributed by atoms with Crippen molar-refractivity contribution in [1.29, 1.82) is 5.41 Å². The number of carbonyl (C=O) groups is 2. The zero-order chi connectivity index (χ0) is 24.9. The van der Waals surface area contributed by atoms with E-state index in [0.29, 0.717) is 55.8 Å². The van der Waals surface area contributed by atoms with Crippen molar-refractivity contribution < 1.29 is 14.9 Å². The van der Waals surface area contributed by atoms with Gasteiger partial charge in [0, 0.05) is 31.4 Å². The van der Waals surface area contributed by atoms with Crippen molar-refractivity contribution >= 4 is 29.4 Å². The summed E-state index contributed by atoms with van der Waals surface area (Å²) in [6, 6.07) is 9.49. The number of rotatable bonds is 8. The molecule has 1 unspecified atom stereocenters. The van der Waals surface area contributed by atoms with Crippen LogP contribution in [0.3, 0.4) is 0 Å². The number of aromatic nitrogens is 2. The van der Waals surface area contributed by atoms with Crippen molar-refractivity contribution in [2.75, 3.05) is 30.4 Å². The molecule has 3 amide bonds. The standard InChI is InChI=1S/C25H30N8O2/c1-4-22(34)31-11-10-20(16-31)33-23-19(12-28-24(30-23)29-21(13-27-3)17(2)26)15-32(25(33)35)14-18-8-6-5-7-9-18/h4-9,12-13,20,26-27H,1,10-11,14-16H2,2-3H3,(H,28,29,30)/p+1/b21-13+,26-17?. The molecule has 1 aromatic heterocycles. The van der Waals surface area contributed by atoms with Gasteiger partial charge in [0.05, 0.1) is 25.3 Å². The molecule has 4 N–H and O–H groups in total. The van der Waals surface area contributed by atoms with Gasteiger partial charge in [-0.3, -0.25) is 9.69 Å². The van der Waals surface area contributed by atoms with Gasteiger partial charge in [0.1, 0.15) is 17.7 Å². The molecule has 3 heterocycles. The molecule has 0 radical (unpaired) electrons. The summed E-state index contributed by atoms with van der Waals surface area (Å²) in [5.41, 5.74) is 2.79. The van der Waals surface area contributed by atoms with E-state index in [0.717, 1.165) is 11.1 Å². The molecule has 10 nitrogen and oxygen atoms in total. The number of fused-ring (bicyclic) bond motifs is 1. The smallest absolute Gasteiger partial charge is 0.326 e. The summed E-state index contributed by atoms with van der Waals surface area (Å²) >= 11 is 0. The van der Waals surface area contributed by atoms with Gasteiger partial charge < -0.3 is 25.8 Å². The molecule has 4 rings (SSSR count). The van der Waals surface area contributed by atoms with Gasteiger partial charge in [-0.05, 0) is 25.0 Å². The van der Waals surface area contributed by atoms with Crippen LogP contribution in [-0.4, -0.2) is 63.6 Å². The average Bonchev–Trinajstić information content (AvgIpc) is 3.34. The lowest BCUT2D eigenvalue weighted by Gasteiger charge is -2.39. The van der Waals surface area contributed by atoms with Crippen molar-refractivity contribution in [3.05, 3.63) is 72.2 Å². The number of carbonyl (C=O) groups excluding carboxylic acids is 2. The molecule has 0 aliphatic carbocycles. The van der Waals surface area contributed by atoms with Crippen LogP contribution in [0.1, 0.15) is 24.5 Å². The number of urea groups is 1. The SMILES string of the molecule is C=CC(=O)N1CCC(N2C(=O)N(Cc3ccccc3)Cc3cnc(N/C(=C/[NH2+]C)C(C)=N)nc32)C1. The number of hydrogen-bond acceptors (Lipinski definition) is 6. The van der Waals surface area contributed by atoms with E-state index in [1.807, 2.05) is 42.7 Å². The average molecular weight is 476 g/mol. The minimum Gasteiger partial charge on any atom is -0.337 e. The Morgan fingerprint density at radius 2 is 2.11 bits per heavy atom. The maximum Gasteiger partial charge on any atom is 0.326 e. The Labute approximate surface area is 204 Å². The number of nitrogens with two attached hydrogens (primary N) is 1. The van der Waals surface area contributed by atoms with Crippen LogP contribution in [0.2, 0.25) is 0 Å². The van der Waals surface area contributed by atoms with Crippen LogP contribution in [0, 0.1) is 5.41 Å².